The molecule has 0 spiro atoms. The van der Waals surface area contributed by atoms with Gasteiger partial charge in [-0.2, -0.15) is 0 Å². The number of aryl methyl sites for hydroxylation is 1. The standard InChI is InChI=1S/C12H13FN2O2/c1-3-8-12(16)15-11-9(14-8)5-4-7(6-17-2)10(11)13/h4-5H,3,6H2,1-2H3,(H,15,16). The van der Waals surface area contributed by atoms with E-state index in [0.29, 0.717) is 23.2 Å². The summed E-state index contributed by atoms with van der Waals surface area (Å²) in [6, 6.07) is 3.30. The molecule has 0 fully saturated rings. The predicted octanol–water partition coefficient (Wildman–Crippen LogP) is 1.77. The average Bonchev–Trinajstić information content (AvgIpc) is 2.33. The molecule has 1 aromatic heterocycles. The molecular formula is C12H13FN2O2. The lowest BCUT2D eigenvalue weighted by molar-refractivity contribution is 0.181. The Balaban J connectivity index is 2.70. The van der Waals surface area contributed by atoms with E-state index in [9.17, 15) is 9.18 Å². The number of hydrogen-bond donors (Lipinski definition) is 1. The fraction of sp³-hybridized carbons (Fsp3) is 0.333. The lowest BCUT2D eigenvalue weighted by Crippen LogP contribution is -2.15. The summed E-state index contributed by atoms with van der Waals surface area (Å²) in [5.41, 5.74) is 1.08. The molecular weight excluding hydrogens is 223 g/mol. The number of methoxy groups -OCH3 is 1. The fourth-order valence-corrected chi connectivity index (χ4v) is 1.71. The molecule has 0 aliphatic carbocycles. The van der Waals surface area contributed by atoms with E-state index in [1.54, 1.807) is 12.1 Å². The molecule has 1 N–H and O–H groups in total. The molecule has 0 radical (unpaired) electrons. The van der Waals surface area contributed by atoms with E-state index in [4.69, 9.17) is 4.74 Å². The minimum Gasteiger partial charge on any atom is -0.380 e. The molecule has 0 atom stereocenters. The molecule has 4 nitrogen and oxygen atoms in total. The highest BCUT2D eigenvalue weighted by Crippen LogP contribution is 2.17. The minimum atomic E-state index is -0.475. The van der Waals surface area contributed by atoms with Crippen molar-refractivity contribution in [2.24, 2.45) is 0 Å². The van der Waals surface area contributed by atoms with Gasteiger partial charge in [-0.1, -0.05) is 13.0 Å². The summed E-state index contributed by atoms with van der Waals surface area (Å²) < 4.78 is 18.9. The Kier molecular flexibility index (Phi) is 3.19. The van der Waals surface area contributed by atoms with Crippen LogP contribution in [0, 0.1) is 5.82 Å². The van der Waals surface area contributed by atoms with Crippen molar-refractivity contribution in [2.75, 3.05) is 7.11 Å². The maximum atomic E-state index is 14.0. The van der Waals surface area contributed by atoms with Gasteiger partial charge in [-0.05, 0) is 12.5 Å². The molecule has 0 aliphatic heterocycles. The van der Waals surface area contributed by atoms with E-state index >= 15 is 0 Å². The molecule has 0 bridgehead atoms. The summed E-state index contributed by atoms with van der Waals surface area (Å²) >= 11 is 0. The second-order valence-electron chi connectivity index (χ2n) is 3.73. The van der Waals surface area contributed by atoms with Crippen LogP contribution >= 0.6 is 0 Å². The third-order valence-electron chi connectivity index (χ3n) is 2.59. The van der Waals surface area contributed by atoms with Crippen molar-refractivity contribution in [3.63, 3.8) is 0 Å². The van der Waals surface area contributed by atoms with Crippen molar-refractivity contribution >= 4 is 11.0 Å². The second-order valence-corrected chi connectivity index (χ2v) is 3.73. The molecule has 1 aromatic carbocycles. The van der Waals surface area contributed by atoms with E-state index < -0.39 is 5.82 Å². The number of ether oxygens (including phenoxy) is 1. The minimum absolute atomic E-state index is 0.141. The summed E-state index contributed by atoms with van der Waals surface area (Å²) in [6.45, 7) is 2.00. The first-order valence-corrected chi connectivity index (χ1v) is 5.36. The first-order valence-electron chi connectivity index (χ1n) is 5.36. The van der Waals surface area contributed by atoms with Crippen LogP contribution in [0.2, 0.25) is 0 Å². The zero-order valence-electron chi connectivity index (χ0n) is 9.71. The molecule has 1 heterocycles. The fourth-order valence-electron chi connectivity index (χ4n) is 1.71. The molecule has 0 aliphatic rings. The number of fused-ring (bicyclic) bond motifs is 1. The second kappa shape index (κ2) is 4.63. The smallest absolute Gasteiger partial charge is 0.270 e. The Hall–Kier alpha value is -1.75. The molecule has 0 saturated heterocycles. The van der Waals surface area contributed by atoms with Crippen LogP contribution < -0.4 is 5.56 Å². The summed E-state index contributed by atoms with van der Waals surface area (Å²) in [7, 11) is 1.49. The van der Waals surface area contributed by atoms with Gasteiger partial charge in [0.15, 0.2) is 5.82 Å². The van der Waals surface area contributed by atoms with E-state index in [1.807, 2.05) is 6.92 Å². The normalized spacial score (nSPS) is 11.0. The van der Waals surface area contributed by atoms with Crippen molar-refractivity contribution in [3.05, 3.63) is 39.6 Å². The van der Waals surface area contributed by atoms with Crippen LogP contribution in [0.15, 0.2) is 16.9 Å². The van der Waals surface area contributed by atoms with Gasteiger partial charge in [0.05, 0.1) is 12.1 Å². The van der Waals surface area contributed by atoms with Crippen LogP contribution in [0.1, 0.15) is 18.2 Å². The van der Waals surface area contributed by atoms with Crippen LogP contribution in [-0.4, -0.2) is 17.1 Å². The van der Waals surface area contributed by atoms with Gasteiger partial charge >= 0.3 is 0 Å². The van der Waals surface area contributed by atoms with Gasteiger partial charge in [0.1, 0.15) is 11.2 Å². The molecule has 5 heteroatoms. The van der Waals surface area contributed by atoms with Crippen LogP contribution in [0.25, 0.3) is 11.0 Å². The third kappa shape index (κ3) is 2.06. The highest BCUT2D eigenvalue weighted by molar-refractivity contribution is 5.75. The summed E-state index contributed by atoms with van der Waals surface area (Å²) in [6.07, 6.45) is 0.521. The van der Waals surface area contributed by atoms with Crippen LogP contribution in [0.4, 0.5) is 4.39 Å². The Morgan fingerprint density at radius 2 is 2.24 bits per heavy atom. The van der Waals surface area contributed by atoms with E-state index in [-0.39, 0.29) is 17.7 Å². The SMILES string of the molecule is CCc1nc2ccc(COC)c(F)c2[nH]c1=O. The molecule has 17 heavy (non-hydrogen) atoms. The van der Waals surface area contributed by atoms with E-state index in [1.165, 1.54) is 7.11 Å². The van der Waals surface area contributed by atoms with Gasteiger partial charge in [0.25, 0.3) is 5.56 Å². The topological polar surface area (TPSA) is 55.0 Å². The zero-order valence-corrected chi connectivity index (χ0v) is 9.71. The molecule has 0 unspecified atom stereocenters. The molecule has 0 amide bonds. The summed E-state index contributed by atoms with van der Waals surface area (Å²) in [5.74, 6) is -0.475. The zero-order chi connectivity index (χ0) is 12.4. The number of nitrogens with zero attached hydrogens (tertiary/aromatic N) is 1. The number of nitrogens with one attached hydrogen (secondary N) is 1. The number of hydrogen-bond acceptors (Lipinski definition) is 3. The Bertz CT molecular complexity index is 607. The number of rotatable bonds is 3. The first-order chi connectivity index (χ1) is 8.17. The van der Waals surface area contributed by atoms with Gasteiger partial charge < -0.3 is 9.72 Å². The van der Waals surface area contributed by atoms with Gasteiger partial charge in [-0.15, -0.1) is 0 Å². The van der Waals surface area contributed by atoms with Crippen molar-refractivity contribution < 1.29 is 9.13 Å². The predicted molar refractivity (Wildman–Crippen MR) is 62.4 cm³/mol. The van der Waals surface area contributed by atoms with Gasteiger partial charge in [0, 0.05) is 12.7 Å². The molecule has 2 aromatic rings. The number of aromatic amines is 1. The monoisotopic (exact) mass is 236 g/mol. The van der Waals surface area contributed by atoms with Crippen LogP contribution in [0.5, 0.6) is 0 Å². The quantitative estimate of drug-likeness (QED) is 0.883. The Labute approximate surface area is 97.5 Å². The lowest BCUT2D eigenvalue weighted by atomic mass is 10.2. The van der Waals surface area contributed by atoms with Gasteiger partial charge in [-0.3, -0.25) is 4.79 Å². The summed E-state index contributed by atoms with van der Waals surface area (Å²) in [4.78, 5) is 18.2. The number of H-pyrrole nitrogens is 1. The van der Waals surface area contributed by atoms with Gasteiger partial charge in [0.2, 0.25) is 0 Å². The van der Waals surface area contributed by atoms with Crippen molar-refractivity contribution in [3.8, 4) is 0 Å². The van der Waals surface area contributed by atoms with E-state index in [0.717, 1.165) is 0 Å². The number of benzene rings is 1. The van der Waals surface area contributed by atoms with Gasteiger partial charge in [-0.25, -0.2) is 9.37 Å². The highest BCUT2D eigenvalue weighted by Gasteiger charge is 2.10. The maximum Gasteiger partial charge on any atom is 0.270 e. The van der Waals surface area contributed by atoms with Crippen LogP contribution in [0.3, 0.4) is 0 Å². The van der Waals surface area contributed by atoms with E-state index in [2.05, 4.69) is 9.97 Å². The third-order valence-corrected chi connectivity index (χ3v) is 2.59. The Morgan fingerprint density at radius 3 is 2.88 bits per heavy atom. The molecule has 0 saturated carbocycles. The van der Waals surface area contributed by atoms with Crippen molar-refractivity contribution in [2.45, 2.75) is 20.0 Å². The van der Waals surface area contributed by atoms with Crippen LogP contribution in [-0.2, 0) is 17.8 Å². The first kappa shape index (κ1) is 11.7. The molecule has 90 valence electrons. The lowest BCUT2D eigenvalue weighted by Gasteiger charge is -2.06. The Morgan fingerprint density at radius 1 is 1.47 bits per heavy atom. The summed E-state index contributed by atoms with van der Waals surface area (Å²) in [5, 5.41) is 0. The largest absolute Gasteiger partial charge is 0.380 e. The average molecular weight is 236 g/mol. The highest BCUT2D eigenvalue weighted by atomic mass is 19.1. The number of aromatic nitrogens is 2. The van der Waals surface area contributed by atoms with Crippen molar-refractivity contribution in [1.29, 1.82) is 0 Å². The maximum absolute atomic E-state index is 14.0. The number of halogens is 1. The molecule has 2 rings (SSSR count). The van der Waals surface area contributed by atoms with Crippen molar-refractivity contribution in [1.82, 2.24) is 9.97 Å².